The molecule has 0 saturated heterocycles. The van der Waals surface area contributed by atoms with Crippen LogP contribution in [0.2, 0.25) is 0 Å². The molecule has 0 bridgehead atoms. The maximum Gasteiger partial charge on any atom is 0.326 e. The zero-order valence-electron chi connectivity index (χ0n) is 13.6. The molecule has 1 amide bonds. The number of esters is 1. The van der Waals surface area contributed by atoms with Crippen LogP contribution in [0.15, 0.2) is 12.1 Å². The van der Waals surface area contributed by atoms with E-state index in [1.807, 2.05) is 26.0 Å². The van der Waals surface area contributed by atoms with Crippen molar-refractivity contribution in [2.75, 3.05) is 29.9 Å². The zero-order chi connectivity index (χ0) is 16.1. The van der Waals surface area contributed by atoms with Crippen molar-refractivity contribution >= 4 is 23.3 Å². The van der Waals surface area contributed by atoms with Gasteiger partial charge in [0.05, 0.1) is 24.5 Å². The molecule has 22 heavy (non-hydrogen) atoms. The predicted molar refractivity (Wildman–Crippen MR) is 87.2 cm³/mol. The van der Waals surface area contributed by atoms with Gasteiger partial charge in [-0.1, -0.05) is 19.8 Å². The van der Waals surface area contributed by atoms with Crippen LogP contribution < -0.4 is 10.2 Å². The number of hydrogen-bond acceptors (Lipinski definition) is 4. The number of amides is 1. The Morgan fingerprint density at radius 3 is 2.73 bits per heavy atom. The van der Waals surface area contributed by atoms with Crippen LogP contribution in [-0.2, 0) is 14.3 Å². The van der Waals surface area contributed by atoms with Crippen LogP contribution in [0.1, 0.15) is 37.3 Å². The number of hydrogen-bond donors (Lipinski definition) is 1. The van der Waals surface area contributed by atoms with Gasteiger partial charge in [-0.15, -0.1) is 0 Å². The Kier molecular flexibility index (Phi) is 5.41. The van der Waals surface area contributed by atoms with Crippen molar-refractivity contribution in [1.82, 2.24) is 0 Å². The van der Waals surface area contributed by atoms with Crippen LogP contribution in [0.3, 0.4) is 0 Å². The molecule has 0 fully saturated rings. The molecule has 1 aromatic carbocycles. The normalized spacial score (nSPS) is 13.6. The molecule has 5 nitrogen and oxygen atoms in total. The van der Waals surface area contributed by atoms with E-state index in [0.717, 1.165) is 41.8 Å². The van der Waals surface area contributed by atoms with Gasteiger partial charge >= 0.3 is 5.97 Å². The third kappa shape index (κ3) is 3.78. The second kappa shape index (κ2) is 7.29. The van der Waals surface area contributed by atoms with Crippen LogP contribution in [0, 0.1) is 13.8 Å². The average molecular weight is 304 g/mol. The van der Waals surface area contributed by atoms with Gasteiger partial charge in [0.2, 0.25) is 5.91 Å². The fraction of sp³-hybridized carbons (Fsp3) is 0.529. The number of fused-ring (bicyclic) bond motifs is 1. The molecule has 0 radical (unpaired) electrons. The summed E-state index contributed by atoms with van der Waals surface area (Å²) in [5, 5.41) is 3.10. The molecule has 0 aliphatic carbocycles. The Labute approximate surface area is 131 Å². The molecule has 1 aromatic rings. The molecule has 2 rings (SSSR count). The minimum Gasteiger partial charge on any atom is -0.464 e. The first-order valence-corrected chi connectivity index (χ1v) is 7.84. The number of carbonyl (C=O) groups excluding carboxylic acids is 2. The van der Waals surface area contributed by atoms with Gasteiger partial charge in [0.15, 0.2) is 0 Å². The van der Waals surface area contributed by atoms with Crippen molar-refractivity contribution in [2.45, 2.75) is 40.0 Å². The number of rotatable bonds is 6. The molecule has 5 heteroatoms. The first kappa shape index (κ1) is 16.3. The molecule has 1 N–H and O–H groups in total. The summed E-state index contributed by atoms with van der Waals surface area (Å²) in [6.45, 7) is 6.73. The van der Waals surface area contributed by atoms with E-state index >= 15 is 0 Å². The Morgan fingerprint density at radius 1 is 1.27 bits per heavy atom. The second-order valence-corrected chi connectivity index (χ2v) is 5.71. The highest BCUT2D eigenvalue weighted by atomic mass is 16.5. The van der Waals surface area contributed by atoms with E-state index in [1.54, 1.807) is 0 Å². The van der Waals surface area contributed by atoms with Gasteiger partial charge in [-0.2, -0.15) is 0 Å². The second-order valence-electron chi connectivity index (χ2n) is 5.71. The number of benzene rings is 1. The van der Waals surface area contributed by atoms with E-state index in [1.165, 1.54) is 4.90 Å². The predicted octanol–water partition coefficient (Wildman–Crippen LogP) is 2.80. The highest BCUT2D eigenvalue weighted by Gasteiger charge is 2.26. The van der Waals surface area contributed by atoms with Gasteiger partial charge in [-0.25, -0.2) is 0 Å². The fourth-order valence-electron chi connectivity index (χ4n) is 2.45. The third-order valence-corrected chi connectivity index (χ3v) is 3.93. The largest absolute Gasteiger partial charge is 0.464 e. The molecule has 120 valence electrons. The lowest BCUT2D eigenvalue weighted by atomic mass is 10.1. The lowest BCUT2D eigenvalue weighted by Gasteiger charge is -2.30. The highest BCUT2D eigenvalue weighted by Crippen LogP contribution is 2.32. The van der Waals surface area contributed by atoms with Crippen molar-refractivity contribution in [3.05, 3.63) is 23.3 Å². The monoisotopic (exact) mass is 304 g/mol. The SMILES string of the molecule is CCCCCOC(=O)CN1C(=O)CNc2cc(C)c(C)cc21. The minimum atomic E-state index is -0.351. The summed E-state index contributed by atoms with van der Waals surface area (Å²) in [5.74, 6) is -0.461. The molecule has 0 aromatic heterocycles. The van der Waals surface area contributed by atoms with Crippen LogP contribution in [0.25, 0.3) is 0 Å². The number of aryl methyl sites for hydroxylation is 2. The maximum absolute atomic E-state index is 12.1. The zero-order valence-corrected chi connectivity index (χ0v) is 13.6. The smallest absolute Gasteiger partial charge is 0.326 e. The lowest BCUT2D eigenvalue weighted by molar-refractivity contribution is -0.143. The van der Waals surface area contributed by atoms with Crippen LogP contribution in [0.5, 0.6) is 0 Å². The van der Waals surface area contributed by atoms with E-state index in [-0.39, 0.29) is 25.0 Å². The van der Waals surface area contributed by atoms with Crippen molar-refractivity contribution in [1.29, 1.82) is 0 Å². The van der Waals surface area contributed by atoms with E-state index in [0.29, 0.717) is 6.61 Å². The highest BCUT2D eigenvalue weighted by molar-refractivity contribution is 6.05. The molecule has 0 spiro atoms. The summed E-state index contributed by atoms with van der Waals surface area (Å²) in [5.41, 5.74) is 3.89. The lowest BCUT2D eigenvalue weighted by Crippen LogP contribution is -2.43. The van der Waals surface area contributed by atoms with Gasteiger partial charge < -0.3 is 10.1 Å². The summed E-state index contributed by atoms with van der Waals surface area (Å²) in [6, 6.07) is 3.95. The standard InChI is InChI=1S/C17H24N2O3/c1-4-5-6-7-22-17(21)11-19-15-9-13(3)12(2)8-14(15)18-10-16(19)20/h8-9,18H,4-7,10-11H2,1-3H3. The summed E-state index contributed by atoms with van der Waals surface area (Å²) in [4.78, 5) is 25.6. The summed E-state index contributed by atoms with van der Waals surface area (Å²) < 4.78 is 5.21. The fourth-order valence-corrected chi connectivity index (χ4v) is 2.45. The molecule has 0 saturated carbocycles. The molecule has 1 heterocycles. The quantitative estimate of drug-likeness (QED) is 0.648. The van der Waals surface area contributed by atoms with E-state index < -0.39 is 0 Å². The van der Waals surface area contributed by atoms with Crippen molar-refractivity contribution in [3.8, 4) is 0 Å². The summed E-state index contributed by atoms with van der Waals surface area (Å²) >= 11 is 0. The first-order chi connectivity index (χ1) is 10.5. The number of anilines is 2. The number of ether oxygens (including phenoxy) is 1. The van der Waals surface area contributed by atoms with E-state index in [9.17, 15) is 9.59 Å². The maximum atomic E-state index is 12.1. The van der Waals surface area contributed by atoms with E-state index in [2.05, 4.69) is 12.2 Å². The third-order valence-electron chi connectivity index (χ3n) is 3.93. The molecule has 0 atom stereocenters. The van der Waals surface area contributed by atoms with Gasteiger partial charge in [0.1, 0.15) is 6.54 Å². The van der Waals surface area contributed by atoms with Crippen LogP contribution in [0.4, 0.5) is 11.4 Å². The Morgan fingerprint density at radius 2 is 2.00 bits per heavy atom. The summed E-state index contributed by atoms with van der Waals surface area (Å²) in [6.07, 6.45) is 2.99. The molecule has 1 aliphatic heterocycles. The van der Waals surface area contributed by atoms with Crippen molar-refractivity contribution in [2.24, 2.45) is 0 Å². The van der Waals surface area contributed by atoms with Gasteiger partial charge in [-0.05, 0) is 43.5 Å². The molecular weight excluding hydrogens is 280 g/mol. The number of carbonyl (C=O) groups is 2. The number of nitrogens with zero attached hydrogens (tertiary/aromatic N) is 1. The van der Waals surface area contributed by atoms with Gasteiger partial charge in [0, 0.05) is 0 Å². The summed E-state index contributed by atoms with van der Waals surface area (Å²) in [7, 11) is 0. The van der Waals surface area contributed by atoms with Gasteiger partial charge in [-0.3, -0.25) is 14.5 Å². The Bertz CT molecular complexity index is 569. The molecular formula is C17H24N2O3. The topological polar surface area (TPSA) is 58.6 Å². The minimum absolute atomic E-state index is 0.0257. The van der Waals surface area contributed by atoms with Crippen molar-refractivity contribution < 1.29 is 14.3 Å². The molecule has 1 aliphatic rings. The van der Waals surface area contributed by atoms with Gasteiger partial charge in [0.25, 0.3) is 0 Å². The number of nitrogens with one attached hydrogen (secondary N) is 1. The Balaban J connectivity index is 2.06. The van der Waals surface area contributed by atoms with Crippen molar-refractivity contribution in [3.63, 3.8) is 0 Å². The first-order valence-electron chi connectivity index (χ1n) is 7.84. The van der Waals surface area contributed by atoms with Crippen LogP contribution >= 0.6 is 0 Å². The van der Waals surface area contributed by atoms with E-state index in [4.69, 9.17) is 4.74 Å². The molecule has 0 unspecified atom stereocenters. The number of unbranched alkanes of at least 4 members (excludes halogenated alkanes) is 2. The average Bonchev–Trinajstić information content (AvgIpc) is 2.49. The Hall–Kier alpha value is -2.04. The van der Waals surface area contributed by atoms with Crippen LogP contribution in [-0.4, -0.2) is 31.6 Å².